The highest BCUT2D eigenvalue weighted by Gasteiger charge is 2.04. The fourth-order valence-electron chi connectivity index (χ4n) is 1.06. The molecule has 2 heterocycles. The standard InChI is InChI=1S/C8H10N4S/c1-9-5-7-10-8(12-11-7)6-3-2-4-13-6/h2-4,9H,5H2,1H3,(H,10,11,12). The molecule has 2 rings (SSSR count). The number of nitrogens with one attached hydrogen (secondary N) is 2. The summed E-state index contributed by atoms with van der Waals surface area (Å²) in [5.41, 5.74) is 0. The van der Waals surface area contributed by atoms with Crippen LogP contribution in [0.4, 0.5) is 0 Å². The molecule has 0 aliphatic carbocycles. The third kappa shape index (κ3) is 1.76. The van der Waals surface area contributed by atoms with Crippen LogP contribution in [0.3, 0.4) is 0 Å². The molecule has 0 spiro atoms. The SMILES string of the molecule is CNCc1nc(-c2cccs2)n[nH]1. The summed E-state index contributed by atoms with van der Waals surface area (Å²) < 4.78 is 0. The summed E-state index contributed by atoms with van der Waals surface area (Å²) >= 11 is 1.64. The highest BCUT2D eigenvalue weighted by Crippen LogP contribution is 2.20. The lowest BCUT2D eigenvalue weighted by Crippen LogP contribution is -2.06. The van der Waals surface area contributed by atoms with Gasteiger partial charge in [-0.1, -0.05) is 6.07 Å². The van der Waals surface area contributed by atoms with E-state index < -0.39 is 0 Å². The van der Waals surface area contributed by atoms with Gasteiger partial charge in [-0.25, -0.2) is 4.98 Å². The van der Waals surface area contributed by atoms with E-state index >= 15 is 0 Å². The summed E-state index contributed by atoms with van der Waals surface area (Å²) in [7, 11) is 1.88. The quantitative estimate of drug-likeness (QED) is 0.773. The van der Waals surface area contributed by atoms with Crippen molar-refractivity contribution in [2.45, 2.75) is 6.54 Å². The molecule has 0 fully saturated rings. The first kappa shape index (κ1) is 8.40. The van der Waals surface area contributed by atoms with Crippen LogP contribution >= 0.6 is 11.3 Å². The third-order valence-corrected chi connectivity index (χ3v) is 2.48. The normalized spacial score (nSPS) is 10.5. The second-order valence-corrected chi connectivity index (χ2v) is 3.56. The highest BCUT2D eigenvalue weighted by atomic mass is 32.1. The van der Waals surface area contributed by atoms with Crippen LogP contribution in [0.25, 0.3) is 10.7 Å². The molecule has 2 aromatic rings. The van der Waals surface area contributed by atoms with E-state index in [1.807, 2.05) is 24.6 Å². The maximum absolute atomic E-state index is 4.32. The molecule has 0 aliphatic rings. The molecule has 0 atom stereocenters. The Morgan fingerprint density at radius 1 is 1.62 bits per heavy atom. The number of nitrogens with zero attached hydrogens (tertiary/aromatic N) is 2. The Labute approximate surface area is 80.0 Å². The van der Waals surface area contributed by atoms with E-state index in [0.29, 0.717) is 0 Å². The minimum Gasteiger partial charge on any atom is -0.313 e. The van der Waals surface area contributed by atoms with E-state index in [-0.39, 0.29) is 0 Å². The summed E-state index contributed by atoms with van der Waals surface area (Å²) in [6.07, 6.45) is 0. The largest absolute Gasteiger partial charge is 0.313 e. The Kier molecular flexibility index (Phi) is 2.37. The molecule has 0 bridgehead atoms. The summed E-state index contributed by atoms with van der Waals surface area (Å²) in [5.74, 6) is 1.64. The van der Waals surface area contributed by atoms with Gasteiger partial charge in [0.25, 0.3) is 0 Å². The lowest BCUT2D eigenvalue weighted by atomic mass is 10.4. The zero-order valence-electron chi connectivity index (χ0n) is 7.24. The number of thiophene rings is 1. The number of aromatic amines is 1. The smallest absolute Gasteiger partial charge is 0.191 e. The van der Waals surface area contributed by atoms with Crippen molar-refractivity contribution in [3.63, 3.8) is 0 Å². The van der Waals surface area contributed by atoms with Crippen molar-refractivity contribution in [2.24, 2.45) is 0 Å². The van der Waals surface area contributed by atoms with Gasteiger partial charge in [0.1, 0.15) is 5.82 Å². The summed E-state index contributed by atoms with van der Waals surface area (Å²) in [6, 6.07) is 4.01. The molecule has 0 aromatic carbocycles. The Bertz CT molecular complexity index is 365. The van der Waals surface area contributed by atoms with Crippen LogP contribution in [-0.2, 0) is 6.54 Å². The molecule has 0 saturated heterocycles. The molecule has 68 valence electrons. The van der Waals surface area contributed by atoms with Crippen molar-refractivity contribution in [2.75, 3.05) is 7.05 Å². The van der Waals surface area contributed by atoms with Crippen LogP contribution in [0.5, 0.6) is 0 Å². The number of aromatic nitrogens is 3. The Hall–Kier alpha value is -1.20. The number of hydrogen-bond acceptors (Lipinski definition) is 4. The third-order valence-electron chi connectivity index (χ3n) is 1.62. The van der Waals surface area contributed by atoms with Crippen LogP contribution in [0.2, 0.25) is 0 Å². The topological polar surface area (TPSA) is 53.6 Å². The van der Waals surface area contributed by atoms with Gasteiger partial charge in [0.05, 0.1) is 11.4 Å². The van der Waals surface area contributed by atoms with E-state index in [1.54, 1.807) is 11.3 Å². The monoisotopic (exact) mass is 194 g/mol. The number of H-pyrrole nitrogens is 1. The van der Waals surface area contributed by atoms with Crippen molar-refractivity contribution in [3.8, 4) is 10.7 Å². The van der Waals surface area contributed by atoms with Gasteiger partial charge in [-0.05, 0) is 18.5 Å². The van der Waals surface area contributed by atoms with Crippen LogP contribution in [0.15, 0.2) is 17.5 Å². The van der Waals surface area contributed by atoms with Crippen LogP contribution in [0, 0.1) is 0 Å². The summed E-state index contributed by atoms with van der Waals surface area (Å²) in [6.45, 7) is 0.721. The predicted octanol–water partition coefficient (Wildman–Crippen LogP) is 1.25. The second-order valence-electron chi connectivity index (χ2n) is 2.61. The van der Waals surface area contributed by atoms with E-state index in [1.165, 1.54) is 0 Å². The maximum atomic E-state index is 4.32. The fraction of sp³-hybridized carbons (Fsp3) is 0.250. The summed E-state index contributed by atoms with van der Waals surface area (Å²) in [4.78, 5) is 5.42. The van der Waals surface area contributed by atoms with Gasteiger partial charge in [-0.3, -0.25) is 5.10 Å². The number of hydrogen-bond donors (Lipinski definition) is 2. The minimum atomic E-state index is 0.721. The first-order valence-electron chi connectivity index (χ1n) is 4.00. The Balaban J connectivity index is 2.23. The average molecular weight is 194 g/mol. The maximum Gasteiger partial charge on any atom is 0.191 e. The first-order chi connectivity index (χ1) is 6.40. The predicted molar refractivity (Wildman–Crippen MR) is 52.5 cm³/mol. The van der Waals surface area contributed by atoms with Crippen LogP contribution < -0.4 is 5.32 Å². The van der Waals surface area contributed by atoms with Crippen molar-refractivity contribution in [1.82, 2.24) is 20.5 Å². The van der Waals surface area contributed by atoms with Crippen molar-refractivity contribution < 1.29 is 0 Å². The van der Waals surface area contributed by atoms with Crippen molar-refractivity contribution >= 4 is 11.3 Å². The first-order valence-corrected chi connectivity index (χ1v) is 4.88. The second kappa shape index (κ2) is 3.68. The molecule has 0 radical (unpaired) electrons. The molecule has 0 saturated carbocycles. The zero-order valence-corrected chi connectivity index (χ0v) is 8.06. The van der Waals surface area contributed by atoms with E-state index in [0.717, 1.165) is 23.1 Å². The fourth-order valence-corrected chi connectivity index (χ4v) is 1.72. The molecule has 4 nitrogen and oxygen atoms in total. The lowest BCUT2D eigenvalue weighted by molar-refractivity contribution is 0.763. The lowest BCUT2D eigenvalue weighted by Gasteiger charge is -1.89. The van der Waals surface area contributed by atoms with Gasteiger partial charge in [0, 0.05) is 0 Å². The molecule has 13 heavy (non-hydrogen) atoms. The molecule has 0 amide bonds. The van der Waals surface area contributed by atoms with Crippen molar-refractivity contribution in [3.05, 3.63) is 23.3 Å². The molecule has 0 aliphatic heterocycles. The average Bonchev–Trinajstić information content (AvgIpc) is 2.70. The minimum absolute atomic E-state index is 0.721. The molecular formula is C8H10N4S. The zero-order chi connectivity index (χ0) is 9.10. The molecule has 5 heteroatoms. The Morgan fingerprint density at radius 3 is 3.23 bits per heavy atom. The molecule has 0 unspecified atom stereocenters. The van der Waals surface area contributed by atoms with Gasteiger partial charge in [0.2, 0.25) is 0 Å². The van der Waals surface area contributed by atoms with Gasteiger partial charge < -0.3 is 5.32 Å². The van der Waals surface area contributed by atoms with E-state index in [4.69, 9.17) is 0 Å². The van der Waals surface area contributed by atoms with Crippen molar-refractivity contribution in [1.29, 1.82) is 0 Å². The number of rotatable bonds is 3. The van der Waals surface area contributed by atoms with Crippen LogP contribution in [-0.4, -0.2) is 22.2 Å². The Morgan fingerprint density at radius 2 is 2.54 bits per heavy atom. The van der Waals surface area contributed by atoms with Gasteiger partial charge in [-0.15, -0.1) is 11.3 Å². The van der Waals surface area contributed by atoms with E-state index in [9.17, 15) is 0 Å². The summed E-state index contributed by atoms with van der Waals surface area (Å²) in [5, 5.41) is 12.0. The van der Waals surface area contributed by atoms with Gasteiger partial charge >= 0.3 is 0 Å². The molecule has 2 N–H and O–H groups in total. The van der Waals surface area contributed by atoms with Crippen LogP contribution in [0.1, 0.15) is 5.82 Å². The van der Waals surface area contributed by atoms with Gasteiger partial charge in [0.15, 0.2) is 5.82 Å². The van der Waals surface area contributed by atoms with E-state index in [2.05, 4.69) is 20.5 Å². The molecular weight excluding hydrogens is 184 g/mol. The highest BCUT2D eigenvalue weighted by molar-refractivity contribution is 7.13. The molecule has 2 aromatic heterocycles. The van der Waals surface area contributed by atoms with Gasteiger partial charge in [-0.2, -0.15) is 5.10 Å².